The molecule has 0 amide bonds. The zero-order valence-electron chi connectivity index (χ0n) is 15.3. The second kappa shape index (κ2) is 7.37. The van der Waals surface area contributed by atoms with Gasteiger partial charge in [0.15, 0.2) is 0 Å². The molecule has 1 aromatic carbocycles. The number of nitrogens with zero attached hydrogens (tertiary/aromatic N) is 3. The Bertz CT molecular complexity index is 855. The largest absolute Gasteiger partial charge is 0.496 e. The predicted octanol–water partition coefficient (Wildman–Crippen LogP) is 4.42. The fourth-order valence-corrected chi connectivity index (χ4v) is 3.42. The molecular weight excluding hydrogens is 330 g/mol. The van der Waals surface area contributed by atoms with Crippen LogP contribution in [0.5, 0.6) is 5.75 Å². The zero-order valence-corrected chi connectivity index (χ0v) is 16.3. The van der Waals surface area contributed by atoms with Gasteiger partial charge in [-0.1, -0.05) is 25.7 Å². The molecule has 2 aromatic heterocycles. The summed E-state index contributed by atoms with van der Waals surface area (Å²) in [6, 6.07) is 9.29. The monoisotopic (exact) mass is 355 g/mol. The Kier molecular flexibility index (Phi) is 5.20. The molecule has 0 atom stereocenters. The molecule has 6 heteroatoms. The van der Waals surface area contributed by atoms with Crippen molar-refractivity contribution >= 4 is 19.0 Å². The summed E-state index contributed by atoms with van der Waals surface area (Å²) in [5.41, 5.74) is 3.11. The Morgan fingerprint density at radius 1 is 1.12 bits per heavy atom. The van der Waals surface area contributed by atoms with Crippen LogP contribution in [0, 0.1) is 0 Å². The van der Waals surface area contributed by atoms with Gasteiger partial charge < -0.3 is 9.47 Å². The van der Waals surface area contributed by atoms with Crippen LogP contribution in [0.15, 0.2) is 42.9 Å². The smallest absolute Gasteiger partial charge is 0.139 e. The van der Waals surface area contributed by atoms with Gasteiger partial charge in [0.1, 0.15) is 12.5 Å². The summed E-state index contributed by atoms with van der Waals surface area (Å²) in [6.07, 6.45) is 5.43. The van der Waals surface area contributed by atoms with Crippen LogP contribution in [0.2, 0.25) is 25.7 Å². The molecule has 0 spiro atoms. The van der Waals surface area contributed by atoms with E-state index in [1.807, 2.05) is 23.1 Å². The van der Waals surface area contributed by atoms with Gasteiger partial charge in [-0.15, -0.1) is 0 Å². The third kappa shape index (κ3) is 4.27. The summed E-state index contributed by atoms with van der Waals surface area (Å²) in [5, 5.41) is 5.54. The lowest BCUT2D eigenvalue weighted by Crippen LogP contribution is -2.22. The Balaban J connectivity index is 1.77. The predicted molar refractivity (Wildman–Crippen MR) is 104 cm³/mol. The average Bonchev–Trinajstić information content (AvgIpc) is 3.00. The minimum atomic E-state index is -1.06. The molecule has 0 aliphatic carbocycles. The van der Waals surface area contributed by atoms with Gasteiger partial charge in [-0.05, 0) is 29.8 Å². The van der Waals surface area contributed by atoms with E-state index in [9.17, 15) is 0 Å². The first-order chi connectivity index (χ1) is 12.0. The Morgan fingerprint density at radius 2 is 1.96 bits per heavy atom. The fraction of sp³-hybridized carbons (Fsp3) is 0.368. The van der Waals surface area contributed by atoms with Gasteiger partial charge in [0.05, 0.1) is 18.8 Å². The summed E-state index contributed by atoms with van der Waals surface area (Å²) in [7, 11) is 0.614. The second-order valence-corrected chi connectivity index (χ2v) is 13.0. The first-order valence-electron chi connectivity index (χ1n) is 8.50. The van der Waals surface area contributed by atoms with Crippen molar-refractivity contribution in [2.75, 3.05) is 13.7 Å². The summed E-state index contributed by atoms with van der Waals surface area (Å²) < 4.78 is 13.2. The van der Waals surface area contributed by atoms with Crippen molar-refractivity contribution in [3.8, 4) is 16.9 Å². The molecule has 0 fully saturated rings. The van der Waals surface area contributed by atoms with E-state index >= 15 is 0 Å². The van der Waals surface area contributed by atoms with Gasteiger partial charge in [-0.2, -0.15) is 5.10 Å². The molecule has 0 aliphatic rings. The van der Waals surface area contributed by atoms with Crippen molar-refractivity contribution in [1.82, 2.24) is 14.8 Å². The summed E-state index contributed by atoms with van der Waals surface area (Å²) in [5.74, 6) is 0.816. The zero-order chi connectivity index (χ0) is 17.9. The van der Waals surface area contributed by atoms with E-state index < -0.39 is 8.07 Å². The van der Waals surface area contributed by atoms with Crippen molar-refractivity contribution < 1.29 is 9.47 Å². The normalized spacial score (nSPS) is 11.8. The van der Waals surface area contributed by atoms with Crippen LogP contribution < -0.4 is 4.74 Å². The highest BCUT2D eigenvalue weighted by Gasteiger charge is 2.13. The molecule has 0 bridgehead atoms. The molecule has 3 rings (SSSR count). The number of hydrogen-bond donors (Lipinski definition) is 0. The fourth-order valence-electron chi connectivity index (χ4n) is 2.66. The van der Waals surface area contributed by atoms with Crippen LogP contribution in [0.4, 0.5) is 0 Å². The van der Waals surface area contributed by atoms with E-state index in [1.165, 1.54) is 0 Å². The molecule has 0 aliphatic heterocycles. The van der Waals surface area contributed by atoms with E-state index in [1.54, 1.807) is 13.3 Å². The quantitative estimate of drug-likeness (QED) is 0.465. The van der Waals surface area contributed by atoms with Gasteiger partial charge >= 0.3 is 0 Å². The molecule has 132 valence electrons. The molecule has 0 radical (unpaired) electrons. The maximum atomic E-state index is 5.82. The molecule has 25 heavy (non-hydrogen) atoms. The van der Waals surface area contributed by atoms with Crippen LogP contribution >= 0.6 is 0 Å². The molecule has 0 saturated carbocycles. The average molecular weight is 356 g/mol. The Hall–Kier alpha value is -2.18. The summed E-state index contributed by atoms with van der Waals surface area (Å²) >= 11 is 0. The standard InChI is InChI=1S/C19H25N3O2Si/c1-23-19-7-8-20-13-17(19)15-5-6-18-16(11-15)12-21-22(18)14-24-9-10-25(2,3)4/h5-8,11-13H,9-10,14H2,1-4H3. The number of pyridine rings is 1. The van der Waals surface area contributed by atoms with Crippen LogP contribution in [-0.4, -0.2) is 36.6 Å². The molecule has 2 heterocycles. The first-order valence-corrected chi connectivity index (χ1v) is 12.2. The Labute approximate surface area is 149 Å². The van der Waals surface area contributed by atoms with Crippen molar-refractivity contribution in [3.05, 3.63) is 42.9 Å². The highest BCUT2D eigenvalue weighted by molar-refractivity contribution is 6.76. The number of methoxy groups -OCH3 is 1. The third-order valence-electron chi connectivity index (χ3n) is 4.16. The number of rotatable bonds is 7. The van der Waals surface area contributed by atoms with Crippen molar-refractivity contribution in [3.63, 3.8) is 0 Å². The SMILES string of the molecule is COc1ccncc1-c1ccc2c(cnn2COCC[Si](C)(C)C)c1. The number of benzene rings is 1. The van der Waals surface area contributed by atoms with E-state index in [2.05, 4.69) is 47.9 Å². The van der Waals surface area contributed by atoms with Crippen molar-refractivity contribution in [2.24, 2.45) is 0 Å². The maximum Gasteiger partial charge on any atom is 0.139 e. The van der Waals surface area contributed by atoms with Gasteiger partial charge in [0.2, 0.25) is 0 Å². The van der Waals surface area contributed by atoms with E-state index in [0.717, 1.165) is 40.4 Å². The molecule has 5 nitrogen and oxygen atoms in total. The van der Waals surface area contributed by atoms with Gasteiger partial charge in [-0.25, -0.2) is 4.68 Å². The summed E-state index contributed by atoms with van der Waals surface area (Å²) in [4.78, 5) is 4.21. The van der Waals surface area contributed by atoms with Crippen LogP contribution in [-0.2, 0) is 11.5 Å². The Morgan fingerprint density at radius 3 is 2.72 bits per heavy atom. The number of ether oxygens (including phenoxy) is 2. The molecule has 0 N–H and O–H groups in total. The highest BCUT2D eigenvalue weighted by Crippen LogP contribution is 2.30. The lowest BCUT2D eigenvalue weighted by molar-refractivity contribution is 0.0817. The first kappa shape index (κ1) is 17.6. The van der Waals surface area contributed by atoms with Crippen LogP contribution in [0.1, 0.15) is 0 Å². The number of hydrogen-bond acceptors (Lipinski definition) is 4. The molecule has 3 aromatic rings. The molecule has 0 unspecified atom stereocenters. The van der Waals surface area contributed by atoms with E-state index in [0.29, 0.717) is 6.73 Å². The lowest BCUT2D eigenvalue weighted by Gasteiger charge is -2.15. The second-order valence-electron chi connectivity index (χ2n) is 7.34. The van der Waals surface area contributed by atoms with E-state index in [-0.39, 0.29) is 0 Å². The van der Waals surface area contributed by atoms with Crippen molar-refractivity contribution in [1.29, 1.82) is 0 Å². The minimum Gasteiger partial charge on any atom is -0.496 e. The lowest BCUT2D eigenvalue weighted by atomic mass is 10.1. The maximum absolute atomic E-state index is 5.82. The number of aromatic nitrogens is 3. The highest BCUT2D eigenvalue weighted by atomic mass is 28.3. The topological polar surface area (TPSA) is 49.2 Å². The third-order valence-corrected chi connectivity index (χ3v) is 5.87. The van der Waals surface area contributed by atoms with Gasteiger partial charge in [0, 0.05) is 38.0 Å². The minimum absolute atomic E-state index is 0.490. The molecular formula is C19H25N3O2Si. The van der Waals surface area contributed by atoms with E-state index in [4.69, 9.17) is 9.47 Å². The van der Waals surface area contributed by atoms with Gasteiger partial charge in [-0.3, -0.25) is 4.98 Å². The molecule has 0 saturated heterocycles. The number of fused-ring (bicyclic) bond motifs is 1. The summed E-state index contributed by atoms with van der Waals surface area (Å²) in [6.45, 7) is 8.35. The van der Waals surface area contributed by atoms with Crippen LogP contribution in [0.3, 0.4) is 0 Å². The van der Waals surface area contributed by atoms with Gasteiger partial charge in [0.25, 0.3) is 0 Å². The van der Waals surface area contributed by atoms with Crippen molar-refractivity contribution in [2.45, 2.75) is 32.4 Å². The van der Waals surface area contributed by atoms with Crippen LogP contribution in [0.25, 0.3) is 22.0 Å².